The largest absolute Gasteiger partial charge is 0.497 e. The number of anilines is 1. The van der Waals surface area contributed by atoms with Crippen LogP contribution in [0.4, 0.5) is 5.69 Å². The molecule has 5 nitrogen and oxygen atoms in total. The maximum atomic E-state index is 5.94. The van der Waals surface area contributed by atoms with Crippen molar-refractivity contribution in [3.63, 3.8) is 0 Å². The smallest absolute Gasteiger partial charge is 0.260 e. The average molecular weight is 293 g/mol. The highest BCUT2D eigenvalue weighted by molar-refractivity contribution is 7.99. The molecule has 0 aliphatic heterocycles. The van der Waals surface area contributed by atoms with E-state index >= 15 is 0 Å². The molecule has 0 aliphatic carbocycles. The molecule has 1 atom stereocenters. The van der Waals surface area contributed by atoms with Crippen molar-refractivity contribution in [1.29, 1.82) is 0 Å². The molecule has 1 aromatic heterocycles. The maximum Gasteiger partial charge on any atom is 0.260 e. The Kier molecular flexibility index (Phi) is 4.89. The van der Waals surface area contributed by atoms with E-state index in [0.29, 0.717) is 34.0 Å². The van der Waals surface area contributed by atoms with Gasteiger partial charge in [-0.2, -0.15) is 16.7 Å². The Morgan fingerprint density at radius 1 is 1.45 bits per heavy atom. The number of nitrogens with zero attached hydrogens (tertiary/aromatic N) is 2. The Balaban J connectivity index is 2.16. The molecule has 1 unspecified atom stereocenters. The summed E-state index contributed by atoms with van der Waals surface area (Å²) >= 11 is 1.81. The summed E-state index contributed by atoms with van der Waals surface area (Å²) in [6.07, 6.45) is 1.12. The summed E-state index contributed by atoms with van der Waals surface area (Å²) in [5.74, 6) is 2.57. The number of hydrogen-bond acceptors (Lipinski definition) is 6. The van der Waals surface area contributed by atoms with Gasteiger partial charge in [0, 0.05) is 10.9 Å². The number of hydrogen-bond donors (Lipinski definition) is 1. The van der Waals surface area contributed by atoms with Crippen LogP contribution < -0.4 is 10.5 Å². The van der Waals surface area contributed by atoms with E-state index < -0.39 is 0 Å². The third kappa shape index (κ3) is 3.45. The Morgan fingerprint density at radius 2 is 2.25 bits per heavy atom. The maximum absolute atomic E-state index is 5.94. The zero-order valence-electron chi connectivity index (χ0n) is 11.9. The molecule has 1 heterocycles. The molecule has 1 aromatic carbocycles. The van der Waals surface area contributed by atoms with Crippen LogP contribution in [-0.2, 0) is 5.75 Å². The first-order valence-corrected chi connectivity index (χ1v) is 7.57. The van der Waals surface area contributed by atoms with Gasteiger partial charge >= 0.3 is 0 Å². The van der Waals surface area contributed by atoms with Crippen LogP contribution in [0.15, 0.2) is 22.7 Å². The molecule has 0 saturated heterocycles. The summed E-state index contributed by atoms with van der Waals surface area (Å²) in [4.78, 5) is 4.39. The topological polar surface area (TPSA) is 74.2 Å². The van der Waals surface area contributed by atoms with E-state index in [1.165, 1.54) is 0 Å². The lowest BCUT2D eigenvalue weighted by atomic mass is 10.1. The second-order valence-electron chi connectivity index (χ2n) is 4.50. The van der Waals surface area contributed by atoms with Gasteiger partial charge in [0.2, 0.25) is 0 Å². The number of aromatic nitrogens is 2. The first kappa shape index (κ1) is 14.7. The van der Waals surface area contributed by atoms with E-state index in [4.69, 9.17) is 15.0 Å². The molecule has 0 aliphatic rings. The molecular formula is C14H19N3O2S. The van der Waals surface area contributed by atoms with Gasteiger partial charge < -0.3 is 15.0 Å². The fourth-order valence-electron chi connectivity index (χ4n) is 1.60. The normalized spacial score (nSPS) is 12.3. The van der Waals surface area contributed by atoms with Gasteiger partial charge in [0.1, 0.15) is 5.75 Å². The second-order valence-corrected chi connectivity index (χ2v) is 5.93. The van der Waals surface area contributed by atoms with E-state index in [0.717, 1.165) is 12.2 Å². The molecule has 20 heavy (non-hydrogen) atoms. The average Bonchev–Trinajstić information content (AvgIpc) is 2.94. The highest BCUT2D eigenvalue weighted by Gasteiger charge is 2.13. The summed E-state index contributed by atoms with van der Waals surface area (Å²) in [5.41, 5.74) is 7.24. The van der Waals surface area contributed by atoms with Crippen LogP contribution in [0.3, 0.4) is 0 Å². The summed E-state index contributed by atoms with van der Waals surface area (Å²) in [6, 6.07) is 5.37. The minimum Gasteiger partial charge on any atom is -0.497 e. The van der Waals surface area contributed by atoms with E-state index in [1.807, 2.05) is 11.8 Å². The molecule has 108 valence electrons. The lowest BCUT2D eigenvalue weighted by Crippen LogP contribution is -1.95. The minimum absolute atomic E-state index is 0.432. The predicted molar refractivity (Wildman–Crippen MR) is 81.7 cm³/mol. The monoisotopic (exact) mass is 293 g/mol. The summed E-state index contributed by atoms with van der Waals surface area (Å²) in [7, 11) is 1.61. The van der Waals surface area contributed by atoms with Crippen molar-refractivity contribution in [2.24, 2.45) is 0 Å². The van der Waals surface area contributed by atoms with Crippen LogP contribution in [0.1, 0.15) is 26.1 Å². The standard InChI is InChI=1S/C14H19N3O2S/c1-4-9(2)20-8-13-16-14(19-17-13)11-7-10(18-3)5-6-12(11)15/h5-7,9H,4,8,15H2,1-3H3. The molecule has 0 bridgehead atoms. The molecule has 0 radical (unpaired) electrons. The third-order valence-corrected chi connectivity index (χ3v) is 4.36. The van der Waals surface area contributed by atoms with Crippen LogP contribution >= 0.6 is 11.8 Å². The zero-order valence-corrected chi connectivity index (χ0v) is 12.7. The summed E-state index contributed by atoms with van der Waals surface area (Å²) < 4.78 is 10.5. The van der Waals surface area contributed by atoms with Gasteiger partial charge in [-0.05, 0) is 24.6 Å². The summed E-state index contributed by atoms with van der Waals surface area (Å²) in [6.45, 7) is 4.35. The van der Waals surface area contributed by atoms with Crippen molar-refractivity contribution in [3.8, 4) is 17.2 Å². The number of nitrogen functional groups attached to an aromatic ring is 1. The number of ether oxygens (including phenoxy) is 1. The highest BCUT2D eigenvalue weighted by atomic mass is 32.2. The Bertz CT molecular complexity index is 571. The number of thioether (sulfide) groups is 1. The molecule has 2 rings (SSSR count). The van der Waals surface area contributed by atoms with Crippen molar-refractivity contribution < 1.29 is 9.26 Å². The van der Waals surface area contributed by atoms with Crippen LogP contribution in [0.2, 0.25) is 0 Å². The van der Waals surface area contributed by atoms with Crippen LogP contribution in [0.5, 0.6) is 5.75 Å². The SMILES string of the molecule is CCC(C)SCc1noc(-c2cc(OC)ccc2N)n1. The summed E-state index contributed by atoms with van der Waals surface area (Å²) in [5, 5.41) is 4.57. The van der Waals surface area contributed by atoms with Gasteiger partial charge in [-0.25, -0.2) is 0 Å². The lowest BCUT2D eigenvalue weighted by Gasteiger charge is -2.04. The molecule has 2 aromatic rings. The van der Waals surface area contributed by atoms with Crippen molar-refractivity contribution in [3.05, 3.63) is 24.0 Å². The molecule has 0 fully saturated rings. The quantitative estimate of drug-likeness (QED) is 0.823. The van der Waals surface area contributed by atoms with Gasteiger partial charge in [-0.1, -0.05) is 19.0 Å². The molecule has 0 spiro atoms. The number of benzene rings is 1. The molecule has 0 saturated carbocycles. The van der Waals surface area contributed by atoms with Crippen LogP contribution in [-0.4, -0.2) is 22.5 Å². The second kappa shape index (κ2) is 6.65. The van der Waals surface area contributed by atoms with Gasteiger partial charge in [0.25, 0.3) is 5.89 Å². The first-order chi connectivity index (χ1) is 9.63. The molecule has 2 N–H and O–H groups in total. The minimum atomic E-state index is 0.432. The fourth-order valence-corrected chi connectivity index (χ4v) is 2.39. The van der Waals surface area contributed by atoms with Crippen molar-refractivity contribution in [2.45, 2.75) is 31.3 Å². The van der Waals surface area contributed by atoms with Gasteiger partial charge in [-0.15, -0.1) is 0 Å². The number of nitrogens with two attached hydrogens (primary N) is 1. The first-order valence-electron chi connectivity index (χ1n) is 6.52. The number of methoxy groups -OCH3 is 1. The van der Waals surface area contributed by atoms with E-state index in [1.54, 1.807) is 25.3 Å². The van der Waals surface area contributed by atoms with E-state index in [9.17, 15) is 0 Å². The van der Waals surface area contributed by atoms with Crippen molar-refractivity contribution >= 4 is 17.4 Å². The van der Waals surface area contributed by atoms with Gasteiger partial charge in [-0.3, -0.25) is 0 Å². The van der Waals surface area contributed by atoms with E-state index in [2.05, 4.69) is 24.0 Å². The van der Waals surface area contributed by atoms with Crippen LogP contribution in [0.25, 0.3) is 11.5 Å². The van der Waals surface area contributed by atoms with E-state index in [-0.39, 0.29) is 0 Å². The molecule has 6 heteroatoms. The highest BCUT2D eigenvalue weighted by Crippen LogP contribution is 2.29. The number of rotatable bonds is 6. The van der Waals surface area contributed by atoms with Gasteiger partial charge in [0.05, 0.1) is 18.4 Å². The molecular weight excluding hydrogens is 274 g/mol. The van der Waals surface area contributed by atoms with Crippen LogP contribution in [0, 0.1) is 0 Å². The third-order valence-electron chi connectivity index (χ3n) is 3.03. The Labute approximate surface area is 122 Å². The fraction of sp³-hybridized carbons (Fsp3) is 0.429. The van der Waals surface area contributed by atoms with Gasteiger partial charge in [0.15, 0.2) is 5.82 Å². The van der Waals surface area contributed by atoms with Crippen molar-refractivity contribution in [1.82, 2.24) is 10.1 Å². The molecule has 0 amide bonds. The lowest BCUT2D eigenvalue weighted by molar-refractivity contribution is 0.412. The Morgan fingerprint density at radius 3 is 2.95 bits per heavy atom. The Hall–Kier alpha value is -1.69. The van der Waals surface area contributed by atoms with Crippen molar-refractivity contribution in [2.75, 3.05) is 12.8 Å². The zero-order chi connectivity index (χ0) is 14.5. The predicted octanol–water partition coefficient (Wildman–Crippen LogP) is 3.36.